The highest BCUT2D eigenvalue weighted by Gasteiger charge is 2.11. The zero-order valence-electron chi connectivity index (χ0n) is 16.8. The molecule has 2 aromatic rings. The van der Waals surface area contributed by atoms with Crippen LogP contribution in [0.25, 0.3) is 0 Å². The van der Waals surface area contributed by atoms with Gasteiger partial charge in [0.2, 0.25) is 0 Å². The third-order valence-corrected chi connectivity index (χ3v) is 5.15. The van der Waals surface area contributed by atoms with Gasteiger partial charge in [-0.2, -0.15) is 0 Å². The van der Waals surface area contributed by atoms with Crippen LogP contribution >= 0.6 is 0 Å². The van der Waals surface area contributed by atoms with Crippen molar-refractivity contribution in [3.05, 3.63) is 47.5 Å². The fraction of sp³-hybridized carbons (Fsp3) is 0.455. The molecule has 0 atom stereocenters. The number of aryl methyl sites for hydroxylation is 2. The lowest BCUT2D eigenvalue weighted by Crippen LogP contribution is -2.35. The number of nitrogens with two attached hydrogens (primary N) is 2. The molecular weight excluding hydrogens is 320 g/mol. The van der Waals surface area contributed by atoms with E-state index in [1.165, 1.54) is 22.5 Å². The standard InChI is InChI=1S/C22H34N4/c1-5-17-15-19(9-11-21(17)23)25(7-3)13-14-26(8-4)20-10-12-22(24)18(6-2)16-20/h9-12,15-16H,5-8,13-14,23-24H2,1-4H3. The lowest BCUT2D eigenvalue weighted by Gasteiger charge is -2.30. The smallest absolute Gasteiger partial charge is 0.0370 e. The maximum Gasteiger partial charge on any atom is 0.0370 e. The monoisotopic (exact) mass is 354 g/mol. The molecule has 0 saturated carbocycles. The van der Waals surface area contributed by atoms with E-state index in [0.29, 0.717) is 0 Å². The summed E-state index contributed by atoms with van der Waals surface area (Å²) in [7, 11) is 0. The fourth-order valence-electron chi connectivity index (χ4n) is 3.37. The van der Waals surface area contributed by atoms with Crippen LogP contribution in [0.15, 0.2) is 36.4 Å². The summed E-state index contributed by atoms with van der Waals surface area (Å²) in [5.41, 5.74) is 18.8. The number of rotatable bonds is 9. The van der Waals surface area contributed by atoms with E-state index in [1.54, 1.807) is 0 Å². The van der Waals surface area contributed by atoms with Crippen LogP contribution in [0.5, 0.6) is 0 Å². The molecule has 0 aliphatic rings. The van der Waals surface area contributed by atoms with Crippen molar-refractivity contribution in [3.63, 3.8) is 0 Å². The van der Waals surface area contributed by atoms with E-state index in [9.17, 15) is 0 Å². The van der Waals surface area contributed by atoms with Gasteiger partial charge in [-0.1, -0.05) is 13.8 Å². The minimum Gasteiger partial charge on any atom is -0.399 e. The average molecular weight is 355 g/mol. The maximum absolute atomic E-state index is 6.06. The highest BCUT2D eigenvalue weighted by molar-refractivity contribution is 5.60. The third kappa shape index (κ3) is 4.63. The Hall–Kier alpha value is -2.36. The highest BCUT2D eigenvalue weighted by atomic mass is 15.2. The lowest BCUT2D eigenvalue weighted by atomic mass is 10.1. The van der Waals surface area contributed by atoms with Crippen molar-refractivity contribution in [1.29, 1.82) is 0 Å². The minimum atomic E-state index is 0.886. The molecule has 4 heteroatoms. The molecule has 2 rings (SSSR count). The lowest BCUT2D eigenvalue weighted by molar-refractivity contribution is 0.753. The summed E-state index contributed by atoms with van der Waals surface area (Å²) in [5, 5.41) is 0. The van der Waals surface area contributed by atoms with Gasteiger partial charge >= 0.3 is 0 Å². The van der Waals surface area contributed by atoms with E-state index in [2.05, 4.69) is 61.8 Å². The van der Waals surface area contributed by atoms with Crippen LogP contribution in [0.3, 0.4) is 0 Å². The molecule has 0 spiro atoms. The SMILES string of the molecule is CCc1cc(N(CC)CCN(CC)c2ccc(N)c(CC)c2)ccc1N. The number of hydrogen-bond donors (Lipinski definition) is 2. The summed E-state index contributed by atoms with van der Waals surface area (Å²) in [5.74, 6) is 0. The first-order valence-corrected chi connectivity index (χ1v) is 9.80. The van der Waals surface area contributed by atoms with E-state index in [0.717, 1.165) is 50.4 Å². The Morgan fingerprint density at radius 1 is 0.654 bits per heavy atom. The number of nitrogen functional groups attached to an aromatic ring is 2. The van der Waals surface area contributed by atoms with Crippen molar-refractivity contribution in [1.82, 2.24) is 0 Å². The second-order valence-corrected chi connectivity index (χ2v) is 6.63. The van der Waals surface area contributed by atoms with Gasteiger partial charge in [0.05, 0.1) is 0 Å². The second kappa shape index (κ2) is 9.37. The average Bonchev–Trinajstić information content (AvgIpc) is 2.67. The van der Waals surface area contributed by atoms with Gasteiger partial charge in [0.1, 0.15) is 0 Å². The van der Waals surface area contributed by atoms with Gasteiger partial charge in [-0.15, -0.1) is 0 Å². The largest absolute Gasteiger partial charge is 0.399 e. The first kappa shape index (κ1) is 20.0. The molecule has 26 heavy (non-hydrogen) atoms. The first-order valence-electron chi connectivity index (χ1n) is 9.80. The highest BCUT2D eigenvalue weighted by Crippen LogP contribution is 2.24. The van der Waals surface area contributed by atoms with Crippen molar-refractivity contribution in [2.45, 2.75) is 40.5 Å². The van der Waals surface area contributed by atoms with Gasteiger partial charge in [0, 0.05) is 48.9 Å². The summed E-state index contributed by atoms with van der Waals surface area (Å²) in [6, 6.07) is 12.8. The quantitative estimate of drug-likeness (QED) is 0.658. The van der Waals surface area contributed by atoms with Crippen LogP contribution in [0.2, 0.25) is 0 Å². The molecule has 0 saturated heterocycles. The van der Waals surface area contributed by atoms with Crippen LogP contribution in [0.4, 0.5) is 22.7 Å². The number of benzene rings is 2. The Labute approximate surface area is 158 Å². The minimum absolute atomic E-state index is 0.886. The van der Waals surface area contributed by atoms with Crippen LogP contribution in [-0.4, -0.2) is 26.2 Å². The Bertz CT molecular complexity index is 650. The number of nitrogens with zero attached hydrogens (tertiary/aromatic N) is 2. The van der Waals surface area contributed by atoms with Crippen molar-refractivity contribution in [2.75, 3.05) is 47.4 Å². The zero-order valence-corrected chi connectivity index (χ0v) is 16.8. The Kier molecular flexibility index (Phi) is 7.19. The predicted molar refractivity (Wildman–Crippen MR) is 116 cm³/mol. The molecule has 0 radical (unpaired) electrons. The van der Waals surface area contributed by atoms with Crippen molar-refractivity contribution >= 4 is 22.7 Å². The van der Waals surface area contributed by atoms with Gasteiger partial charge in [-0.3, -0.25) is 0 Å². The van der Waals surface area contributed by atoms with Gasteiger partial charge in [0.15, 0.2) is 0 Å². The number of anilines is 4. The molecule has 0 bridgehead atoms. The van der Waals surface area contributed by atoms with Crippen LogP contribution in [0, 0.1) is 0 Å². The molecule has 4 N–H and O–H groups in total. The molecule has 0 aromatic heterocycles. The van der Waals surface area contributed by atoms with Gasteiger partial charge in [-0.05, 0) is 74.2 Å². The Morgan fingerprint density at radius 2 is 1.04 bits per heavy atom. The number of hydrogen-bond acceptors (Lipinski definition) is 4. The molecule has 0 aliphatic carbocycles. The maximum atomic E-state index is 6.06. The zero-order chi connectivity index (χ0) is 19.1. The molecule has 0 aliphatic heterocycles. The normalized spacial score (nSPS) is 10.8. The first-order chi connectivity index (χ1) is 12.5. The predicted octanol–water partition coefficient (Wildman–Crippen LogP) is 4.33. The van der Waals surface area contributed by atoms with Crippen LogP contribution in [0.1, 0.15) is 38.8 Å². The second-order valence-electron chi connectivity index (χ2n) is 6.63. The molecule has 0 amide bonds. The third-order valence-electron chi connectivity index (χ3n) is 5.15. The Balaban J connectivity index is 2.12. The molecule has 142 valence electrons. The summed E-state index contributed by atoms with van der Waals surface area (Å²) >= 11 is 0. The fourth-order valence-corrected chi connectivity index (χ4v) is 3.37. The van der Waals surface area contributed by atoms with Crippen LogP contribution < -0.4 is 21.3 Å². The van der Waals surface area contributed by atoms with Crippen molar-refractivity contribution < 1.29 is 0 Å². The summed E-state index contributed by atoms with van der Waals surface area (Å²) in [6.07, 6.45) is 1.92. The summed E-state index contributed by atoms with van der Waals surface area (Å²) in [6.45, 7) is 12.6. The van der Waals surface area contributed by atoms with E-state index in [-0.39, 0.29) is 0 Å². The van der Waals surface area contributed by atoms with Gasteiger partial charge in [0.25, 0.3) is 0 Å². The van der Waals surface area contributed by atoms with Gasteiger partial charge < -0.3 is 21.3 Å². The van der Waals surface area contributed by atoms with E-state index < -0.39 is 0 Å². The number of likely N-dealkylation sites (N-methyl/N-ethyl adjacent to an activating group) is 2. The van der Waals surface area contributed by atoms with E-state index in [1.807, 2.05) is 12.1 Å². The summed E-state index contributed by atoms with van der Waals surface area (Å²) < 4.78 is 0. The molecule has 0 unspecified atom stereocenters. The van der Waals surface area contributed by atoms with Crippen molar-refractivity contribution in [2.24, 2.45) is 0 Å². The molecule has 2 aromatic carbocycles. The molecule has 4 nitrogen and oxygen atoms in total. The van der Waals surface area contributed by atoms with E-state index in [4.69, 9.17) is 11.5 Å². The molecule has 0 fully saturated rings. The molecular formula is C22H34N4. The van der Waals surface area contributed by atoms with Gasteiger partial charge in [-0.25, -0.2) is 0 Å². The Morgan fingerprint density at radius 3 is 1.35 bits per heavy atom. The van der Waals surface area contributed by atoms with E-state index >= 15 is 0 Å². The summed E-state index contributed by atoms with van der Waals surface area (Å²) in [4.78, 5) is 4.83. The topological polar surface area (TPSA) is 58.5 Å². The van der Waals surface area contributed by atoms with Crippen LogP contribution in [-0.2, 0) is 12.8 Å². The van der Waals surface area contributed by atoms with Crippen molar-refractivity contribution in [3.8, 4) is 0 Å². The molecule has 0 heterocycles.